The van der Waals surface area contributed by atoms with Crippen molar-refractivity contribution in [3.8, 4) is 0 Å². The highest BCUT2D eigenvalue weighted by Gasteiger charge is 2.30. The summed E-state index contributed by atoms with van der Waals surface area (Å²) in [7, 11) is 0. The SMILES string of the molecule is O=C(CCc1ccccc1)O[C@H]1CCCC[C@@H]1NC(=O)OCc1ccccc1. The molecule has 2 aromatic rings. The first-order valence-corrected chi connectivity index (χ1v) is 9.91. The lowest BCUT2D eigenvalue weighted by Crippen LogP contribution is -2.47. The van der Waals surface area contributed by atoms with Gasteiger partial charge in [-0.25, -0.2) is 4.79 Å². The van der Waals surface area contributed by atoms with Crippen LogP contribution in [0.2, 0.25) is 0 Å². The van der Waals surface area contributed by atoms with Crippen molar-refractivity contribution in [3.63, 3.8) is 0 Å². The molecule has 0 spiro atoms. The van der Waals surface area contributed by atoms with Gasteiger partial charge in [-0.3, -0.25) is 4.79 Å². The Morgan fingerprint density at radius 2 is 1.54 bits per heavy atom. The van der Waals surface area contributed by atoms with Gasteiger partial charge < -0.3 is 14.8 Å². The molecule has 3 rings (SSSR count). The fourth-order valence-corrected chi connectivity index (χ4v) is 3.44. The maximum absolute atomic E-state index is 12.3. The van der Waals surface area contributed by atoms with Crippen molar-refractivity contribution in [2.75, 3.05) is 0 Å². The van der Waals surface area contributed by atoms with E-state index in [9.17, 15) is 9.59 Å². The summed E-state index contributed by atoms with van der Waals surface area (Å²) >= 11 is 0. The molecule has 148 valence electrons. The summed E-state index contributed by atoms with van der Waals surface area (Å²) in [6, 6.07) is 19.2. The largest absolute Gasteiger partial charge is 0.460 e. The molecule has 0 bridgehead atoms. The summed E-state index contributed by atoms with van der Waals surface area (Å²) in [5.41, 5.74) is 2.05. The van der Waals surface area contributed by atoms with Crippen molar-refractivity contribution >= 4 is 12.1 Å². The van der Waals surface area contributed by atoms with Gasteiger partial charge >= 0.3 is 12.1 Å². The van der Waals surface area contributed by atoms with Crippen LogP contribution in [0.25, 0.3) is 0 Å². The van der Waals surface area contributed by atoms with Crippen LogP contribution in [0.5, 0.6) is 0 Å². The van der Waals surface area contributed by atoms with E-state index in [0.717, 1.165) is 36.8 Å². The molecular weight excluding hydrogens is 354 g/mol. The normalized spacial score (nSPS) is 18.9. The first-order chi connectivity index (χ1) is 13.7. The number of amides is 1. The van der Waals surface area contributed by atoms with Crippen LogP contribution in [-0.2, 0) is 27.3 Å². The smallest absolute Gasteiger partial charge is 0.407 e. The molecule has 1 amide bonds. The molecule has 2 aromatic carbocycles. The average molecular weight is 381 g/mol. The number of esters is 1. The van der Waals surface area contributed by atoms with E-state index in [1.165, 1.54) is 0 Å². The van der Waals surface area contributed by atoms with Gasteiger partial charge in [-0.1, -0.05) is 67.1 Å². The standard InChI is InChI=1S/C23H27NO4/c25-22(16-15-18-9-3-1-4-10-18)28-21-14-8-7-13-20(21)24-23(26)27-17-19-11-5-2-6-12-19/h1-6,9-12,20-21H,7-8,13-17H2,(H,24,26)/t20-,21-/m0/s1. The number of benzene rings is 2. The third-order valence-corrected chi connectivity index (χ3v) is 4.96. The van der Waals surface area contributed by atoms with Crippen LogP contribution in [-0.4, -0.2) is 24.2 Å². The highest BCUT2D eigenvalue weighted by atomic mass is 16.6. The van der Waals surface area contributed by atoms with Gasteiger partial charge in [0, 0.05) is 6.42 Å². The van der Waals surface area contributed by atoms with Crippen molar-refractivity contribution in [2.45, 2.75) is 57.3 Å². The van der Waals surface area contributed by atoms with Crippen LogP contribution in [0.4, 0.5) is 4.79 Å². The van der Waals surface area contributed by atoms with Crippen LogP contribution < -0.4 is 5.32 Å². The third kappa shape index (κ3) is 6.41. The van der Waals surface area contributed by atoms with Crippen molar-refractivity contribution in [2.24, 2.45) is 0 Å². The fourth-order valence-electron chi connectivity index (χ4n) is 3.44. The zero-order chi connectivity index (χ0) is 19.6. The molecule has 1 aliphatic rings. The number of carbonyl (C=O) groups excluding carboxylic acids is 2. The van der Waals surface area contributed by atoms with E-state index in [-0.39, 0.29) is 24.7 Å². The van der Waals surface area contributed by atoms with Crippen LogP contribution in [0.1, 0.15) is 43.2 Å². The predicted molar refractivity (Wildman–Crippen MR) is 107 cm³/mol. The van der Waals surface area contributed by atoms with Gasteiger partial charge in [-0.15, -0.1) is 0 Å². The number of aryl methyl sites for hydroxylation is 1. The Balaban J connectivity index is 1.45. The lowest BCUT2D eigenvalue weighted by Gasteiger charge is -2.31. The number of rotatable bonds is 7. The molecule has 0 saturated heterocycles. The van der Waals surface area contributed by atoms with Gasteiger partial charge in [-0.05, 0) is 36.8 Å². The van der Waals surface area contributed by atoms with Gasteiger partial charge in [0.05, 0.1) is 6.04 Å². The Morgan fingerprint density at radius 3 is 2.25 bits per heavy atom. The molecule has 5 heteroatoms. The van der Waals surface area contributed by atoms with Crippen molar-refractivity contribution < 1.29 is 19.1 Å². The zero-order valence-corrected chi connectivity index (χ0v) is 16.0. The molecule has 1 saturated carbocycles. The maximum Gasteiger partial charge on any atom is 0.407 e. The van der Waals surface area contributed by atoms with E-state index in [0.29, 0.717) is 12.8 Å². The van der Waals surface area contributed by atoms with Gasteiger partial charge in [0.25, 0.3) is 0 Å². The van der Waals surface area contributed by atoms with E-state index in [1.807, 2.05) is 60.7 Å². The minimum Gasteiger partial charge on any atom is -0.460 e. The Morgan fingerprint density at radius 1 is 0.893 bits per heavy atom. The quantitative estimate of drug-likeness (QED) is 0.722. The van der Waals surface area contributed by atoms with Crippen LogP contribution >= 0.6 is 0 Å². The molecule has 1 N–H and O–H groups in total. The molecule has 0 aromatic heterocycles. The van der Waals surface area contributed by atoms with Crippen LogP contribution in [0.15, 0.2) is 60.7 Å². The van der Waals surface area contributed by atoms with Crippen molar-refractivity contribution in [1.82, 2.24) is 5.32 Å². The minimum atomic E-state index is -0.471. The molecule has 0 unspecified atom stereocenters. The molecule has 0 heterocycles. The minimum absolute atomic E-state index is 0.197. The lowest BCUT2D eigenvalue weighted by molar-refractivity contribution is -0.151. The zero-order valence-electron chi connectivity index (χ0n) is 16.0. The number of nitrogens with one attached hydrogen (secondary N) is 1. The lowest BCUT2D eigenvalue weighted by atomic mass is 9.92. The van der Waals surface area contributed by atoms with Crippen LogP contribution in [0, 0.1) is 0 Å². The summed E-state index contributed by atoms with van der Waals surface area (Å²) in [5, 5.41) is 2.88. The molecule has 0 aliphatic heterocycles. The number of carbonyl (C=O) groups is 2. The topological polar surface area (TPSA) is 64.6 Å². The second-order valence-corrected chi connectivity index (χ2v) is 7.11. The number of ether oxygens (including phenoxy) is 2. The second-order valence-electron chi connectivity index (χ2n) is 7.11. The molecule has 1 aliphatic carbocycles. The fraction of sp³-hybridized carbons (Fsp3) is 0.391. The summed E-state index contributed by atoms with van der Waals surface area (Å²) in [5.74, 6) is -0.222. The molecule has 2 atom stereocenters. The predicted octanol–water partition coefficient (Wildman–Crippen LogP) is 4.40. The third-order valence-electron chi connectivity index (χ3n) is 4.96. The number of alkyl carbamates (subject to hydrolysis) is 1. The molecule has 1 fully saturated rings. The van der Waals surface area contributed by atoms with E-state index >= 15 is 0 Å². The van der Waals surface area contributed by atoms with Gasteiger partial charge in [0.2, 0.25) is 0 Å². The van der Waals surface area contributed by atoms with Gasteiger partial charge in [0.1, 0.15) is 12.7 Å². The highest BCUT2D eigenvalue weighted by Crippen LogP contribution is 2.22. The summed E-state index contributed by atoms with van der Waals surface area (Å²) in [4.78, 5) is 24.4. The monoisotopic (exact) mass is 381 g/mol. The summed E-state index contributed by atoms with van der Waals surface area (Å²) < 4.78 is 11.0. The van der Waals surface area contributed by atoms with Gasteiger partial charge in [0.15, 0.2) is 0 Å². The summed E-state index contributed by atoms with van der Waals surface area (Å²) in [6.07, 6.45) is 3.78. The van der Waals surface area contributed by atoms with Gasteiger partial charge in [-0.2, -0.15) is 0 Å². The molecule has 0 radical (unpaired) electrons. The molecular formula is C23H27NO4. The highest BCUT2D eigenvalue weighted by molar-refractivity contribution is 5.70. The Hall–Kier alpha value is -2.82. The van der Waals surface area contributed by atoms with Crippen LogP contribution in [0.3, 0.4) is 0 Å². The Labute approximate surface area is 166 Å². The summed E-state index contributed by atoms with van der Waals surface area (Å²) in [6.45, 7) is 0.223. The Bertz CT molecular complexity index is 682. The first kappa shape index (κ1) is 19.9. The maximum atomic E-state index is 12.3. The number of hydrogen-bond acceptors (Lipinski definition) is 4. The number of hydrogen-bond donors (Lipinski definition) is 1. The average Bonchev–Trinajstić information content (AvgIpc) is 2.74. The van der Waals surface area contributed by atoms with E-state index in [2.05, 4.69) is 5.32 Å². The second kappa shape index (κ2) is 10.5. The van der Waals surface area contributed by atoms with E-state index < -0.39 is 6.09 Å². The molecule has 28 heavy (non-hydrogen) atoms. The van der Waals surface area contributed by atoms with E-state index in [4.69, 9.17) is 9.47 Å². The van der Waals surface area contributed by atoms with Crippen molar-refractivity contribution in [1.29, 1.82) is 0 Å². The molecule has 5 nitrogen and oxygen atoms in total. The first-order valence-electron chi connectivity index (χ1n) is 9.91. The Kier molecular flexibility index (Phi) is 7.47. The van der Waals surface area contributed by atoms with E-state index in [1.54, 1.807) is 0 Å². The van der Waals surface area contributed by atoms with Crippen molar-refractivity contribution in [3.05, 3.63) is 71.8 Å².